The van der Waals surface area contributed by atoms with E-state index in [-0.39, 0.29) is 39.8 Å². The van der Waals surface area contributed by atoms with Crippen LogP contribution in [0.1, 0.15) is 39.9 Å². The quantitative estimate of drug-likeness (QED) is 0.190. The van der Waals surface area contributed by atoms with Crippen LogP contribution in [0.5, 0.6) is 0 Å². The highest BCUT2D eigenvalue weighted by Gasteiger charge is 2.53. The van der Waals surface area contributed by atoms with Crippen LogP contribution in [0.15, 0.2) is 65.6 Å². The molecule has 0 spiro atoms. The molecule has 0 unspecified atom stereocenters. The number of halogens is 1. The largest absolute Gasteiger partial charge is 0.478 e. The van der Waals surface area contributed by atoms with Crippen molar-refractivity contribution >= 4 is 52.1 Å². The number of fused-ring (bicyclic) bond motifs is 3. The van der Waals surface area contributed by atoms with Gasteiger partial charge in [-0.3, -0.25) is 30.3 Å². The number of carbonyl (C=O) groups is 1. The molecule has 200 valence electrons. The summed E-state index contributed by atoms with van der Waals surface area (Å²) in [5.74, 6) is -2.35. The number of nitro groups is 3. The van der Waals surface area contributed by atoms with Gasteiger partial charge in [-0.15, -0.1) is 23.4 Å². The lowest BCUT2D eigenvalue weighted by atomic mass is 9.75. The van der Waals surface area contributed by atoms with E-state index >= 15 is 0 Å². The van der Waals surface area contributed by atoms with E-state index in [1.165, 1.54) is 30.0 Å². The maximum atomic E-state index is 12.1. The number of non-ortho nitro benzene ring substituents is 1. The molecule has 12 nitrogen and oxygen atoms in total. The molecule has 0 saturated heterocycles. The zero-order valence-electron chi connectivity index (χ0n) is 19.8. The van der Waals surface area contributed by atoms with Crippen LogP contribution in [-0.4, -0.2) is 36.5 Å². The molecule has 0 aromatic heterocycles. The van der Waals surface area contributed by atoms with Crippen molar-refractivity contribution < 1.29 is 24.7 Å². The Morgan fingerprint density at radius 3 is 2.21 bits per heavy atom. The predicted octanol–water partition coefficient (Wildman–Crippen LogP) is 6.15. The van der Waals surface area contributed by atoms with Crippen LogP contribution < -0.4 is 5.32 Å². The Bertz CT molecular complexity index is 1520. The van der Waals surface area contributed by atoms with E-state index < -0.39 is 43.3 Å². The Kier molecular flexibility index (Phi) is 6.87. The molecule has 2 aliphatic rings. The molecular formula is C25H19ClN4O8S. The highest BCUT2D eigenvalue weighted by molar-refractivity contribution is 8.00. The normalized spacial score (nSPS) is 23.3. The van der Waals surface area contributed by atoms with Gasteiger partial charge in [0.1, 0.15) is 0 Å². The number of nitrogens with one attached hydrogen (secondary N) is 1. The minimum Gasteiger partial charge on any atom is -0.478 e. The fraction of sp³-hybridized carbons (Fsp3) is 0.240. The Morgan fingerprint density at radius 2 is 1.59 bits per heavy atom. The number of hydrogen-bond donors (Lipinski definition) is 2. The van der Waals surface area contributed by atoms with Gasteiger partial charge in [-0.25, -0.2) is 4.79 Å². The second-order valence-corrected chi connectivity index (χ2v) is 11.0. The van der Waals surface area contributed by atoms with Gasteiger partial charge in [-0.2, -0.15) is 0 Å². The summed E-state index contributed by atoms with van der Waals surface area (Å²) in [7, 11) is 0. The highest BCUT2D eigenvalue weighted by Crippen LogP contribution is 2.60. The summed E-state index contributed by atoms with van der Waals surface area (Å²) in [6, 6.07) is 13.7. The molecule has 0 amide bonds. The van der Waals surface area contributed by atoms with Gasteiger partial charge < -0.3 is 10.4 Å². The van der Waals surface area contributed by atoms with Crippen molar-refractivity contribution in [1.82, 2.24) is 0 Å². The van der Waals surface area contributed by atoms with Crippen LogP contribution in [0.25, 0.3) is 0 Å². The van der Waals surface area contributed by atoms with Crippen molar-refractivity contribution in [3.8, 4) is 0 Å². The molecule has 0 bridgehead atoms. The summed E-state index contributed by atoms with van der Waals surface area (Å²) in [5, 5.41) is 46.7. The van der Waals surface area contributed by atoms with Crippen molar-refractivity contribution in [3.63, 3.8) is 0 Å². The fourth-order valence-electron chi connectivity index (χ4n) is 5.55. The Morgan fingerprint density at radius 1 is 0.923 bits per heavy atom. The van der Waals surface area contributed by atoms with E-state index in [4.69, 9.17) is 11.6 Å². The Hall–Kier alpha value is -4.23. The summed E-state index contributed by atoms with van der Waals surface area (Å²) < 4.78 is 0. The van der Waals surface area contributed by atoms with Crippen molar-refractivity contribution in [2.45, 2.75) is 33.9 Å². The fourth-order valence-corrected chi connectivity index (χ4v) is 7.48. The molecule has 1 fully saturated rings. The third-order valence-electron chi connectivity index (χ3n) is 7.18. The summed E-state index contributed by atoms with van der Waals surface area (Å²) in [6.07, 6.45) is 0.387. The second kappa shape index (κ2) is 10.2. The first kappa shape index (κ1) is 26.4. The average molecular weight is 571 g/mol. The average Bonchev–Trinajstić information content (AvgIpc) is 3.23. The maximum absolute atomic E-state index is 12.1. The van der Waals surface area contributed by atoms with Crippen LogP contribution in [0.3, 0.4) is 0 Å². The molecule has 39 heavy (non-hydrogen) atoms. The number of alkyl halides is 1. The number of hydrogen-bond acceptors (Lipinski definition) is 9. The molecule has 1 heterocycles. The Labute approximate surface area is 229 Å². The molecule has 1 aliphatic carbocycles. The number of anilines is 1. The second-order valence-electron chi connectivity index (χ2n) is 9.20. The summed E-state index contributed by atoms with van der Waals surface area (Å²) in [5.41, 5.74) is 0.202. The lowest BCUT2D eigenvalue weighted by Gasteiger charge is -2.38. The molecule has 0 radical (unpaired) electrons. The van der Waals surface area contributed by atoms with Crippen LogP contribution in [0.2, 0.25) is 0 Å². The van der Waals surface area contributed by atoms with Crippen LogP contribution >= 0.6 is 23.4 Å². The number of carboxylic acid groups (broad SMARTS) is 1. The van der Waals surface area contributed by atoms with E-state index in [0.29, 0.717) is 16.9 Å². The number of nitrogens with zero attached hydrogens (tertiary/aromatic N) is 3. The number of carboxylic acids is 1. The van der Waals surface area contributed by atoms with Crippen molar-refractivity contribution in [2.75, 3.05) is 5.32 Å². The van der Waals surface area contributed by atoms with Gasteiger partial charge >= 0.3 is 5.97 Å². The Balaban J connectivity index is 1.65. The van der Waals surface area contributed by atoms with Gasteiger partial charge in [0.25, 0.3) is 17.1 Å². The molecule has 2 N–H and O–H groups in total. The number of para-hydroxylation sites is 1. The zero-order chi connectivity index (χ0) is 28.0. The third-order valence-corrected chi connectivity index (χ3v) is 9.29. The number of rotatable bonds is 7. The topological polar surface area (TPSA) is 179 Å². The first-order valence-electron chi connectivity index (χ1n) is 11.7. The first-order valence-corrected chi connectivity index (χ1v) is 13.0. The molecular weight excluding hydrogens is 552 g/mol. The van der Waals surface area contributed by atoms with E-state index in [1.807, 2.05) is 0 Å². The summed E-state index contributed by atoms with van der Waals surface area (Å²) in [4.78, 5) is 45.7. The number of aromatic carboxylic acids is 1. The van der Waals surface area contributed by atoms with Gasteiger partial charge in [0.05, 0.1) is 47.9 Å². The van der Waals surface area contributed by atoms with Gasteiger partial charge in [-0.1, -0.05) is 24.3 Å². The van der Waals surface area contributed by atoms with Gasteiger partial charge in [-0.05, 0) is 30.0 Å². The predicted molar refractivity (Wildman–Crippen MR) is 143 cm³/mol. The van der Waals surface area contributed by atoms with E-state index in [1.54, 1.807) is 30.3 Å². The van der Waals surface area contributed by atoms with Crippen molar-refractivity contribution in [3.05, 3.63) is 108 Å². The van der Waals surface area contributed by atoms with Gasteiger partial charge in [0, 0.05) is 35.4 Å². The lowest BCUT2D eigenvalue weighted by Crippen LogP contribution is -2.33. The van der Waals surface area contributed by atoms with E-state index in [9.17, 15) is 40.2 Å². The minimum absolute atomic E-state index is 0.0725. The summed E-state index contributed by atoms with van der Waals surface area (Å²) in [6.45, 7) is 0. The summed E-state index contributed by atoms with van der Waals surface area (Å²) >= 11 is 8.22. The number of nitro benzene ring substituents is 3. The molecule has 1 saturated carbocycles. The molecule has 5 rings (SSSR count). The molecule has 3 aromatic rings. The van der Waals surface area contributed by atoms with Crippen LogP contribution in [0, 0.1) is 36.3 Å². The molecule has 1 aliphatic heterocycles. The number of thioether (sulfide) groups is 1. The molecule has 5 atom stereocenters. The lowest BCUT2D eigenvalue weighted by molar-refractivity contribution is -0.387. The van der Waals surface area contributed by atoms with Crippen molar-refractivity contribution in [1.29, 1.82) is 0 Å². The van der Waals surface area contributed by atoms with Crippen LogP contribution in [-0.2, 0) is 0 Å². The van der Waals surface area contributed by atoms with E-state index in [2.05, 4.69) is 5.32 Å². The van der Waals surface area contributed by atoms with Gasteiger partial charge in [0.15, 0.2) is 0 Å². The zero-order valence-corrected chi connectivity index (χ0v) is 21.4. The van der Waals surface area contributed by atoms with Gasteiger partial charge in [0.2, 0.25) is 0 Å². The molecule has 14 heteroatoms. The standard InChI is InChI=1S/C25H19ClN4O8S/c26-22-19(39-18-4-2-1-3-16(18)29(35)36)11-15-20(22)21-17(30(37)38)10-9-14(25(31)32)24(21)27-23(15)12-5-7-13(8-6-12)28(33)34/h1-10,15,19-20,22-23,27H,11H2,(H,31,32)/t15-,19-,20-,22-,23+/m1/s1. The monoisotopic (exact) mass is 570 g/mol. The SMILES string of the molecule is O=C(O)c1ccc([N+](=O)[O-])c2c1N[C@@H](c1ccc([N+](=O)[O-])cc1)[C@@H]1C[C@@H](Sc3ccccc3[N+](=O)[O-])[C@@H](Cl)[C@@H]21. The van der Waals surface area contributed by atoms with Crippen LogP contribution in [0.4, 0.5) is 22.7 Å². The highest BCUT2D eigenvalue weighted by atomic mass is 35.5. The first-order chi connectivity index (χ1) is 18.6. The van der Waals surface area contributed by atoms with Crippen molar-refractivity contribution in [2.24, 2.45) is 5.92 Å². The number of benzene rings is 3. The third kappa shape index (κ3) is 4.63. The smallest absolute Gasteiger partial charge is 0.337 e. The maximum Gasteiger partial charge on any atom is 0.337 e. The minimum atomic E-state index is -1.29. The van der Waals surface area contributed by atoms with E-state index in [0.717, 1.165) is 12.1 Å². The molecule has 3 aromatic carbocycles.